The molecular weight excluding hydrogens is 244 g/mol. The molecule has 1 heterocycles. The van der Waals surface area contributed by atoms with Crippen LogP contribution in [0.2, 0.25) is 0 Å². The van der Waals surface area contributed by atoms with E-state index in [0.717, 1.165) is 6.42 Å². The molecule has 0 aliphatic rings. The third kappa shape index (κ3) is 4.31. The molecule has 0 aliphatic carbocycles. The number of carbonyl (C=O) groups is 1. The highest BCUT2D eigenvalue weighted by Gasteiger charge is 2.24. The number of rotatable bonds is 5. The van der Waals surface area contributed by atoms with Gasteiger partial charge in [0.1, 0.15) is 6.04 Å². The van der Waals surface area contributed by atoms with Crippen molar-refractivity contribution in [2.45, 2.75) is 65.0 Å². The molecule has 0 fully saturated rings. The van der Waals surface area contributed by atoms with Crippen molar-refractivity contribution in [2.75, 3.05) is 0 Å². The molecule has 0 saturated carbocycles. The molecular formula is C13H24N4O2. The van der Waals surface area contributed by atoms with Gasteiger partial charge in [0.25, 0.3) is 0 Å². The summed E-state index contributed by atoms with van der Waals surface area (Å²) >= 11 is 0. The first-order valence-corrected chi connectivity index (χ1v) is 6.65. The average molecular weight is 268 g/mol. The van der Waals surface area contributed by atoms with E-state index in [1.54, 1.807) is 6.92 Å². The fraction of sp³-hybridized carbons (Fsp3) is 0.769. The third-order valence-corrected chi connectivity index (χ3v) is 2.78. The zero-order chi connectivity index (χ0) is 14.6. The topological polar surface area (TPSA) is 94.0 Å². The van der Waals surface area contributed by atoms with Gasteiger partial charge in [0, 0.05) is 5.41 Å². The molecule has 108 valence electrons. The number of aromatic nitrogens is 2. The lowest BCUT2D eigenvalue weighted by molar-refractivity contribution is -0.123. The van der Waals surface area contributed by atoms with E-state index >= 15 is 0 Å². The van der Waals surface area contributed by atoms with Crippen LogP contribution < -0.4 is 11.1 Å². The van der Waals surface area contributed by atoms with Gasteiger partial charge in [-0.25, -0.2) is 0 Å². The second-order valence-corrected chi connectivity index (χ2v) is 5.83. The van der Waals surface area contributed by atoms with Crippen LogP contribution in [0, 0.1) is 0 Å². The van der Waals surface area contributed by atoms with Crippen LogP contribution in [-0.2, 0) is 10.2 Å². The summed E-state index contributed by atoms with van der Waals surface area (Å²) < 4.78 is 5.18. The third-order valence-electron chi connectivity index (χ3n) is 2.78. The van der Waals surface area contributed by atoms with Gasteiger partial charge in [-0.3, -0.25) is 4.79 Å². The molecule has 2 unspecified atom stereocenters. The fourth-order valence-electron chi connectivity index (χ4n) is 1.54. The van der Waals surface area contributed by atoms with Crippen molar-refractivity contribution in [1.82, 2.24) is 15.5 Å². The number of hydrogen-bond donors (Lipinski definition) is 2. The molecule has 6 nitrogen and oxygen atoms in total. The SMILES string of the molecule is CCCC(N)C(=O)NC(C)c1nc(C(C)(C)C)no1. The molecule has 0 aliphatic heterocycles. The fourth-order valence-corrected chi connectivity index (χ4v) is 1.54. The van der Waals surface area contributed by atoms with E-state index in [4.69, 9.17) is 10.3 Å². The zero-order valence-electron chi connectivity index (χ0n) is 12.4. The maximum absolute atomic E-state index is 11.8. The lowest BCUT2D eigenvalue weighted by Gasteiger charge is -2.14. The number of nitrogens with one attached hydrogen (secondary N) is 1. The van der Waals surface area contributed by atoms with Crippen molar-refractivity contribution in [3.8, 4) is 0 Å². The minimum atomic E-state index is -0.488. The van der Waals surface area contributed by atoms with Gasteiger partial charge in [0.05, 0.1) is 6.04 Å². The molecule has 19 heavy (non-hydrogen) atoms. The van der Waals surface area contributed by atoms with Crippen molar-refractivity contribution in [1.29, 1.82) is 0 Å². The minimum absolute atomic E-state index is 0.176. The molecule has 3 N–H and O–H groups in total. The van der Waals surface area contributed by atoms with Gasteiger partial charge in [-0.05, 0) is 13.3 Å². The summed E-state index contributed by atoms with van der Waals surface area (Å²) in [5.41, 5.74) is 5.57. The summed E-state index contributed by atoms with van der Waals surface area (Å²) in [5.74, 6) is 0.841. The summed E-state index contributed by atoms with van der Waals surface area (Å²) in [6.07, 6.45) is 1.54. The smallest absolute Gasteiger partial charge is 0.248 e. The van der Waals surface area contributed by atoms with Gasteiger partial charge in [-0.2, -0.15) is 4.98 Å². The van der Waals surface area contributed by atoms with Gasteiger partial charge >= 0.3 is 0 Å². The Balaban J connectivity index is 2.66. The Hall–Kier alpha value is -1.43. The van der Waals surface area contributed by atoms with Crippen LogP contribution in [0.5, 0.6) is 0 Å². The molecule has 6 heteroatoms. The monoisotopic (exact) mass is 268 g/mol. The second-order valence-electron chi connectivity index (χ2n) is 5.83. The molecule has 0 saturated heterocycles. The van der Waals surface area contributed by atoms with Crippen LogP contribution in [0.3, 0.4) is 0 Å². The Morgan fingerprint density at radius 1 is 1.47 bits per heavy atom. The molecule has 1 rings (SSSR count). The number of nitrogens with zero attached hydrogens (tertiary/aromatic N) is 2. The maximum atomic E-state index is 11.8. The average Bonchev–Trinajstić information content (AvgIpc) is 2.78. The molecule has 0 bridgehead atoms. The summed E-state index contributed by atoms with van der Waals surface area (Å²) in [6.45, 7) is 9.80. The van der Waals surface area contributed by atoms with E-state index in [0.29, 0.717) is 18.1 Å². The zero-order valence-corrected chi connectivity index (χ0v) is 12.4. The Bertz CT molecular complexity index is 423. The first kappa shape index (κ1) is 15.6. The van der Waals surface area contributed by atoms with Crippen LogP contribution in [0.1, 0.15) is 65.2 Å². The van der Waals surface area contributed by atoms with Crippen LogP contribution in [0.15, 0.2) is 4.52 Å². The number of nitrogens with two attached hydrogens (primary N) is 1. The number of amides is 1. The molecule has 1 aromatic heterocycles. The van der Waals surface area contributed by atoms with Crippen molar-refractivity contribution in [3.05, 3.63) is 11.7 Å². The van der Waals surface area contributed by atoms with Crippen molar-refractivity contribution in [2.24, 2.45) is 5.73 Å². The van der Waals surface area contributed by atoms with Gasteiger partial charge in [0.2, 0.25) is 11.8 Å². The largest absolute Gasteiger partial charge is 0.343 e. The van der Waals surface area contributed by atoms with Crippen LogP contribution in [-0.4, -0.2) is 22.1 Å². The first-order chi connectivity index (χ1) is 8.75. The normalized spacial score (nSPS) is 15.1. The Morgan fingerprint density at radius 2 is 2.11 bits per heavy atom. The van der Waals surface area contributed by atoms with E-state index in [9.17, 15) is 4.79 Å². The molecule has 0 radical (unpaired) electrons. The standard InChI is InChI=1S/C13H24N4O2/c1-6-7-9(14)10(18)15-8(2)11-16-12(17-19-11)13(3,4)5/h8-9H,6-7,14H2,1-5H3,(H,15,18). The Kier molecular flexibility index (Phi) is 5.05. The molecule has 0 spiro atoms. The van der Waals surface area contributed by atoms with E-state index < -0.39 is 6.04 Å². The molecule has 1 aromatic rings. The van der Waals surface area contributed by atoms with Gasteiger partial charge < -0.3 is 15.6 Å². The summed E-state index contributed by atoms with van der Waals surface area (Å²) in [6, 6.07) is -0.823. The minimum Gasteiger partial charge on any atom is -0.343 e. The highest BCUT2D eigenvalue weighted by atomic mass is 16.5. The van der Waals surface area contributed by atoms with Crippen LogP contribution in [0.25, 0.3) is 0 Å². The predicted octanol–water partition coefficient (Wildman–Crippen LogP) is 1.67. The quantitative estimate of drug-likeness (QED) is 0.847. The van der Waals surface area contributed by atoms with Crippen molar-refractivity contribution < 1.29 is 9.32 Å². The Morgan fingerprint density at radius 3 is 2.58 bits per heavy atom. The lowest BCUT2D eigenvalue weighted by Crippen LogP contribution is -2.41. The van der Waals surface area contributed by atoms with E-state index in [1.807, 2.05) is 27.7 Å². The van der Waals surface area contributed by atoms with Crippen LogP contribution >= 0.6 is 0 Å². The van der Waals surface area contributed by atoms with Crippen LogP contribution in [0.4, 0.5) is 0 Å². The lowest BCUT2D eigenvalue weighted by atomic mass is 9.96. The Labute approximate surface area is 114 Å². The van der Waals surface area contributed by atoms with E-state index in [1.165, 1.54) is 0 Å². The second kappa shape index (κ2) is 6.14. The predicted molar refractivity (Wildman–Crippen MR) is 72.4 cm³/mol. The highest BCUT2D eigenvalue weighted by Crippen LogP contribution is 2.20. The summed E-state index contributed by atoms with van der Waals surface area (Å²) in [7, 11) is 0. The first-order valence-electron chi connectivity index (χ1n) is 6.65. The molecule has 1 amide bonds. The van der Waals surface area contributed by atoms with Gasteiger partial charge in [-0.15, -0.1) is 0 Å². The molecule has 0 aromatic carbocycles. The number of hydrogen-bond acceptors (Lipinski definition) is 5. The maximum Gasteiger partial charge on any atom is 0.248 e. The summed E-state index contributed by atoms with van der Waals surface area (Å²) in [5, 5.41) is 6.71. The highest BCUT2D eigenvalue weighted by molar-refractivity contribution is 5.81. The van der Waals surface area contributed by atoms with Gasteiger partial charge in [-0.1, -0.05) is 39.3 Å². The summed E-state index contributed by atoms with van der Waals surface area (Å²) in [4.78, 5) is 16.1. The number of carbonyl (C=O) groups excluding carboxylic acids is 1. The van der Waals surface area contributed by atoms with E-state index in [2.05, 4.69) is 15.5 Å². The van der Waals surface area contributed by atoms with Gasteiger partial charge in [0.15, 0.2) is 5.82 Å². The van der Waals surface area contributed by atoms with Crippen molar-refractivity contribution >= 4 is 5.91 Å². The molecule has 2 atom stereocenters. The van der Waals surface area contributed by atoms with E-state index in [-0.39, 0.29) is 17.4 Å². The van der Waals surface area contributed by atoms with Crippen molar-refractivity contribution in [3.63, 3.8) is 0 Å².